The van der Waals surface area contributed by atoms with Crippen LogP contribution in [0.5, 0.6) is 0 Å². The minimum absolute atomic E-state index is 0.0651. The standard InChI is InChI=1S/C25H31N3O/c1-17(2)28-19(4)24(18(3)26-28)16-27-14-8-11-21(15-27)25(29)23-13-7-10-20-9-5-6-12-22(20)23/h5-7,9-10,12-13,17,21H,8,11,14-16H2,1-4H3/t21-/m0/s1. The molecule has 0 aliphatic carbocycles. The second-order valence-corrected chi connectivity index (χ2v) is 8.65. The fourth-order valence-electron chi connectivity index (χ4n) is 4.73. The number of rotatable bonds is 5. The molecule has 3 aromatic rings. The fraction of sp³-hybridized carbons (Fsp3) is 0.440. The number of benzene rings is 2. The van der Waals surface area contributed by atoms with Crippen LogP contribution in [0.3, 0.4) is 0 Å². The van der Waals surface area contributed by atoms with E-state index in [0.717, 1.165) is 54.5 Å². The quantitative estimate of drug-likeness (QED) is 0.554. The molecular formula is C25H31N3O. The predicted octanol–water partition coefficient (Wildman–Crippen LogP) is 5.33. The van der Waals surface area contributed by atoms with Crippen molar-refractivity contribution in [3.8, 4) is 0 Å². The predicted molar refractivity (Wildman–Crippen MR) is 118 cm³/mol. The summed E-state index contributed by atoms with van der Waals surface area (Å²) in [6.45, 7) is 11.4. The molecule has 0 amide bonds. The van der Waals surface area contributed by atoms with Gasteiger partial charge in [0, 0.05) is 41.9 Å². The van der Waals surface area contributed by atoms with E-state index in [0.29, 0.717) is 6.04 Å². The molecule has 0 radical (unpaired) electrons. The van der Waals surface area contributed by atoms with Gasteiger partial charge in [0.15, 0.2) is 5.78 Å². The van der Waals surface area contributed by atoms with Gasteiger partial charge in [-0.1, -0.05) is 42.5 Å². The van der Waals surface area contributed by atoms with Crippen molar-refractivity contribution in [1.29, 1.82) is 0 Å². The average molecular weight is 390 g/mol. The third-order valence-electron chi connectivity index (χ3n) is 6.28. The maximum Gasteiger partial charge on any atom is 0.167 e. The van der Waals surface area contributed by atoms with Crippen molar-refractivity contribution in [2.45, 2.75) is 53.1 Å². The number of aromatic nitrogens is 2. The number of fused-ring (bicyclic) bond motifs is 1. The van der Waals surface area contributed by atoms with Crippen LogP contribution in [0.25, 0.3) is 10.8 Å². The van der Waals surface area contributed by atoms with Crippen LogP contribution in [0.15, 0.2) is 42.5 Å². The summed E-state index contributed by atoms with van der Waals surface area (Å²) in [5.41, 5.74) is 4.55. The topological polar surface area (TPSA) is 38.1 Å². The monoisotopic (exact) mass is 389 g/mol. The molecule has 1 aromatic heterocycles. The van der Waals surface area contributed by atoms with Gasteiger partial charge < -0.3 is 0 Å². The normalized spacial score (nSPS) is 17.9. The Bertz CT molecular complexity index is 1030. The van der Waals surface area contributed by atoms with Crippen LogP contribution in [-0.2, 0) is 6.54 Å². The van der Waals surface area contributed by atoms with Crippen molar-refractivity contribution in [3.63, 3.8) is 0 Å². The highest BCUT2D eigenvalue weighted by molar-refractivity contribution is 6.09. The molecule has 4 heteroatoms. The van der Waals surface area contributed by atoms with Crippen LogP contribution in [0.2, 0.25) is 0 Å². The molecule has 29 heavy (non-hydrogen) atoms. The van der Waals surface area contributed by atoms with Crippen molar-refractivity contribution in [1.82, 2.24) is 14.7 Å². The first-order valence-electron chi connectivity index (χ1n) is 10.7. The first-order chi connectivity index (χ1) is 14.0. The largest absolute Gasteiger partial charge is 0.298 e. The maximum absolute atomic E-state index is 13.4. The highest BCUT2D eigenvalue weighted by atomic mass is 16.1. The van der Waals surface area contributed by atoms with E-state index in [1.54, 1.807) is 0 Å². The minimum Gasteiger partial charge on any atom is -0.298 e. The van der Waals surface area contributed by atoms with E-state index in [-0.39, 0.29) is 11.7 Å². The lowest BCUT2D eigenvalue weighted by atomic mass is 9.87. The Morgan fingerprint density at radius 3 is 2.66 bits per heavy atom. The van der Waals surface area contributed by atoms with Gasteiger partial charge in [0.2, 0.25) is 0 Å². The van der Waals surface area contributed by atoms with Crippen LogP contribution in [0, 0.1) is 19.8 Å². The van der Waals surface area contributed by atoms with Crippen LogP contribution >= 0.6 is 0 Å². The number of piperidine rings is 1. The van der Waals surface area contributed by atoms with E-state index in [1.165, 1.54) is 11.3 Å². The lowest BCUT2D eigenvalue weighted by Crippen LogP contribution is -2.38. The zero-order chi connectivity index (χ0) is 20.5. The lowest BCUT2D eigenvalue weighted by Gasteiger charge is -2.32. The number of carbonyl (C=O) groups excluding carboxylic acids is 1. The first-order valence-corrected chi connectivity index (χ1v) is 10.7. The molecule has 1 saturated heterocycles. The maximum atomic E-state index is 13.4. The van der Waals surface area contributed by atoms with Crippen molar-refractivity contribution in [2.75, 3.05) is 13.1 Å². The van der Waals surface area contributed by atoms with Crippen LogP contribution < -0.4 is 0 Å². The highest BCUT2D eigenvalue weighted by Crippen LogP contribution is 2.27. The molecule has 0 N–H and O–H groups in total. The first kappa shape index (κ1) is 19.8. The summed E-state index contributed by atoms with van der Waals surface area (Å²) in [6, 6.07) is 14.6. The van der Waals surface area contributed by atoms with Gasteiger partial charge in [-0.05, 0) is 57.9 Å². The molecule has 1 aliphatic heterocycles. The fourth-order valence-corrected chi connectivity index (χ4v) is 4.73. The molecule has 152 valence electrons. The molecule has 1 atom stereocenters. The summed E-state index contributed by atoms with van der Waals surface area (Å²) in [5, 5.41) is 6.94. The number of hydrogen-bond donors (Lipinski definition) is 0. The summed E-state index contributed by atoms with van der Waals surface area (Å²) in [5.74, 6) is 0.355. The second-order valence-electron chi connectivity index (χ2n) is 8.65. The van der Waals surface area contributed by atoms with Gasteiger partial charge in [-0.25, -0.2) is 0 Å². The number of aryl methyl sites for hydroxylation is 1. The summed E-state index contributed by atoms with van der Waals surface area (Å²) in [6.07, 6.45) is 2.04. The Kier molecular flexibility index (Phi) is 5.55. The molecular weight excluding hydrogens is 358 g/mol. The molecule has 1 aliphatic rings. The summed E-state index contributed by atoms with van der Waals surface area (Å²) < 4.78 is 2.12. The van der Waals surface area contributed by atoms with E-state index in [9.17, 15) is 4.79 Å². The molecule has 0 bridgehead atoms. The van der Waals surface area contributed by atoms with E-state index in [1.807, 2.05) is 24.3 Å². The summed E-state index contributed by atoms with van der Waals surface area (Å²) in [4.78, 5) is 15.8. The van der Waals surface area contributed by atoms with E-state index in [2.05, 4.69) is 55.5 Å². The van der Waals surface area contributed by atoms with Gasteiger partial charge in [0.05, 0.1) is 5.69 Å². The lowest BCUT2D eigenvalue weighted by molar-refractivity contribution is 0.0813. The Morgan fingerprint density at radius 2 is 1.90 bits per heavy atom. The number of carbonyl (C=O) groups is 1. The molecule has 0 spiro atoms. The number of likely N-dealkylation sites (tertiary alicyclic amines) is 1. The third kappa shape index (κ3) is 3.86. The zero-order valence-electron chi connectivity index (χ0n) is 18.0. The van der Waals surface area contributed by atoms with Gasteiger partial charge in [-0.15, -0.1) is 0 Å². The van der Waals surface area contributed by atoms with Gasteiger partial charge in [-0.3, -0.25) is 14.4 Å². The minimum atomic E-state index is 0.0651. The molecule has 2 aromatic carbocycles. The average Bonchev–Trinajstić information content (AvgIpc) is 3.01. The van der Waals surface area contributed by atoms with E-state index >= 15 is 0 Å². The third-order valence-corrected chi connectivity index (χ3v) is 6.28. The Hall–Kier alpha value is -2.46. The van der Waals surface area contributed by atoms with E-state index in [4.69, 9.17) is 5.10 Å². The Balaban J connectivity index is 1.54. The van der Waals surface area contributed by atoms with E-state index < -0.39 is 0 Å². The smallest absolute Gasteiger partial charge is 0.167 e. The molecule has 0 unspecified atom stereocenters. The van der Waals surface area contributed by atoms with Crippen molar-refractivity contribution >= 4 is 16.6 Å². The van der Waals surface area contributed by atoms with Crippen molar-refractivity contribution < 1.29 is 4.79 Å². The molecule has 0 saturated carbocycles. The molecule has 4 nitrogen and oxygen atoms in total. The van der Waals surface area contributed by atoms with Gasteiger partial charge in [-0.2, -0.15) is 5.10 Å². The number of hydrogen-bond acceptors (Lipinski definition) is 3. The second kappa shape index (κ2) is 8.11. The van der Waals surface area contributed by atoms with Gasteiger partial charge >= 0.3 is 0 Å². The zero-order valence-corrected chi connectivity index (χ0v) is 18.0. The van der Waals surface area contributed by atoms with Crippen LogP contribution in [0.1, 0.15) is 60.0 Å². The molecule has 4 rings (SSSR count). The Labute approximate surface area is 173 Å². The summed E-state index contributed by atoms with van der Waals surface area (Å²) in [7, 11) is 0. The van der Waals surface area contributed by atoms with Gasteiger partial charge in [0.1, 0.15) is 0 Å². The van der Waals surface area contributed by atoms with Crippen LogP contribution in [0.4, 0.5) is 0 Å². The molecule has 1 fully saturated rings. The van der Waals surface area contributed by atoms with Crippen molar-refractivity contribution in [3.05, 3.63) is 65.0 Å². The Morgan fingerprint density at radius 1 is 1.14 bits per heavy atom. The highest BCUT2D eigenvalue weighted by Gasteiger charge is 2.28. The van der Waals surface area contributed by atoms with Crippen molar-refractivity contribution in [2.24, 2.45) is 5.92 Å². The number of nitrogens with zero attached hydrogens (tertiary/aromatic N) is 3. The molecule has 2 heterocycles. The SMILES string of the molecule is Cc1nn(C(C)C)c(C)c1CN1CCC[C@H](C(=O)c2cccc3ccccc23)C1. The summed E-state index contributed by atoms with van der Waals surface area (Å²) >= 11 is 0. The number of ketones is 1. The van der Waals surface area contributed by atoms with Gasteiger partial charge in [0.25, 0.3) is 0 Å². The number of Topliss-reactive ketones (excluding diaryl/α,β-unsaturated/α-hetero) is 1. The van der Waals surface area contributed by atoms with Crippen LogP contribution in [-0.4, -0.2) is 33.6 Å².